The predicted molar refractivity (Wildman–Crippen MR) is 70.7 cm³/mol. The molecule has 0 atom stereocenters. The van der Waals surface area contributed by atoms with Crippen molar-refractivity contribution in [1.82, 2.24) is 9.97 Å². The average molecular weight is 280 g/mol. The van der Waals surface area contributed by atoms with Crippen LogP contribution in [0.25, 0.3) is 0 Å². The topological polar surface area (TPSA) is 38.2 Å². The van der Waals surface area contributed by atoms with E-state index >= 15 is 0 Å². The van der Waals surface area contributed by atoms with Gasteiger partial charge in [-0.05, 0) is 42.3 Å². The van der Waals surface area contributed by atoms with Crippen molar-refractivity contribution >= 4 is 23.1 Å². The first-order chi connectivity index (χ1) is 9.15. The third kappa shape index (κ3) is 2.21. The van der Waals surface area contributed by atoms with Gasteiger partial charge in [0.15, 0.2) is 11.6 Å². The summed E-state index contributed by atoms with van der Waals surface area (Å²) in [6.07, 6.45) is 1.55. The van der Waals surface area contributed by atoms with Crippen molar-refractivity contribution < 1.29 is 9.13 Å². The Bertz CT molecular complexity index is 635. The minimum absolute atomic E-state index is 0.161. The third-order valence-corrected chi connectivity index (χ3v) is 3.17. The molecule has 1 aromatic carbocycles. The summed E-state index contributed by atoms with van der Waals surface area (Å²) < 4.78 is 18.7. The van der Waals surface area contributed by atoms with E-state index < -0.39 is 0 Å². The average Bonchev–Trinajstić information content (AvgIpc) is 2.38. The number of hydrogen-bond donors (Lipinski definition) is 0. The lowest BCUT2D eigenvalue weighted by Gasteiger charge is -2.30. The molecule has 1 aliphatic heterocycles. The van der Waals surface area contributed by atoms with Crippen LogP contribution in [0.3, 0.4) is 0 Å². The molecule has 19 heavy (non-hydrogen) atoms. The summed E-state index contributed by atoms with van der Waals surface area (Å²) in [6, 6.07) is 4.66. The lowest BCUT2D eigenvalue weighted by atomic mass is 10.1. The molecule has 1 aliphatic rings. The summed E-state index contributed by atoms with van der Waals surface area (Å²) in [7, 11) is 0. The number of aromatic nitrogens is 2. The van der Waals surface area contributed by atoms with Crippen LogP contribution in [0.1, 0.15) is 5.56 Å². The largest absolute Gasteiger partial charge is 0.486 e. The van der Waals surface area contributed by atoms with Gasteiger partial charge in [0.1, 0.15) is 12.4 Å². The van der Waals surface area contributed by atoms with Crippen molar-refractivity contribution in [3.8, 4) is 5.75 Å². The molecule has 0 saturated heterocycles. The quantitative estimate of drug-likeness (QED) is 0.752. The summed E-state index contributed by atoms with van der Waals surface area (Å²) in [5.41, 5.74) is 1.73. The Kier molecular flexibility index (Phi) is 2.98. The highest BCUT2D eigenvalue weighted by molar-refractivity contribution is 6.28. The lowest BCUT2D eigenvalue weighted by molar-refractivity contribution is 0.310. The van der Waals surface area contributed by atoms with Crippen molar-refractivity contribution in [3.63, 3.8) is 0 Å². The Labute approximate surface area is 114 Å². The van der Waals surface area contributed by atoms with Crippen LogP contribution in [-0.2, 0) is 0 Å². The van der Waals surface area contributed by atoms with Crippen molar-refractivity contribution in [1.29, 1.82) is 0 Å². The standard InChI is InChI=1S/C13H11ClFN3O/c1-8-6-9(15)2-3-10(8)18-4-5-19-11-7-16-13(14)17-12(11)18/h2-3,6-7H,4-5H2,1H3. The molecule has 0 unspecified atom stereocenters. The van der Waals surface area contributed by atoms with Crippen LogP contribution >= 0.6 is 11.6 Å². The highest BCUT2D eigenvalue weighted by atomic mass is 35.5. The zero-order chi connectivity index (χ0) is 13.4. The first kappa shape index (κ1) is 12.2. The van der Waals surface area contributed by atoms with E-state index in [1.54, 1.807) is 12.3 Å². The van der Waals surface area contributed by atoms with Crippen molar-refractivity contribution in [2.45, 2.75) is 6.92 Å². The fourth-order valence-corrected chi connectivity index (χ4v) is 2.27. The van der Waals surface area contributed by atoms with Crippen molar-refractivity contribution in [2.75, 3.05) is 18.1 Å². The first-order valence-electron chi connectivity index (χ1n) is 5.84. The highest BCUT2D eigenvalue weighted by Gasteiger charge is 2.23. The van der Waals surface area contributed by atoms with Gasteiger partial charge in [0, 0.05) is 5.69 Å². The first-order valence-corrected chi connectivity index (χ1v) is 6.22. The Morgan fingerprint density at radius 3 is 3.05 bits per heavy atom. The lowest BCUT2D eigenvalue weighted by Crippen LogP contribution is -2.30. The minimum atomic E-state index is -0.254. The molecule has 0 aliphatic carbocycles. The summed E-state index contributed by atoms with van der Waals surface area (Å²) in [6.45, 7) is 3.01. The van der Waals surface area contributed by atoms with Gasteiger partial charge in [-0.3, -0.25) is 0 Å². The van der Waals surface area contributed by atoms with E-state index in [0.717, 1.165) is 11.3 Å². The van der Waals surface area contributed by atoms with Gasteiger partial charge < -0.3 is 9.64 Å². The SMILES string of the molecule is Cc1cc(F)ccc1N1CCOc2cnc(Cl)nc21. The highest BCUT2D eigenvalue weighted by Crippen LogP contribution is 2.36. The van der Waals surface area contributed by atoms with Crippen LogP contribution in [-0.4, -0.2) is 23.1 Å². The van der Waals surface area contributed by atoms with E-state index in [2.05, 4.69) is 9.97 Å². The molecule has 0 N–H and O–H groups in total. The Morgan fingerprint density at radius 1 is 1.42 bits per heavy atom. The summed E-state index contributed by atoms with van der Waals surface area (Å²) in [5, 5.41) is 0.161. The fourth-order valence-electron chi connectivity index (χ4n) is 2.15. The van der Waals surface area contributed by atoms with Crippen molar-refractivity contribution in [3.05, 3.63) is 41.1 Å². The second-order valence-electron chi connectivity index (χ2n) is 4.26. The normalized spacial score (nSPS) is 13.9. The molecule has 2 aromatic rings. The molecule has 1 aromatic heterocycles. The minimum Gasteiger partial charge on any atom is -0.486 e. The number of rotatable bonds is 1. The van der Waals surface area contributed by atoms with Gasteiger partial charge in [-0.15, -0.1) is 0 Å². The van der Waals surface area contributed by atoms with Gasteiger partial charge in [0.25, 0.3) is 0 Å². The van der Waals surface area contributed by atoms with Crippen LogP contribution in [0, 0.1) is 12.7 Å². The number of fused-ring (bicyclic) bond motifs is 1. The van der Waals surface area contributed by atoms with Gasteiger partial charge in [-0.25, -0.2) is 9.37 Å². The van der Waals surface area contributed by atoms with E-state index in [1.807, 2.05) is 11.8 Å². The molecular weight excluding hydrogens is 269 g/mol. The molecule has 0 amide bonds. The van der Waals surface area contributed by atoms with Crippen LogP contribution in [0.4, 0.5) is 15.9 Å². The van der Waals surface area contributed by atoms with Gasteiger partial charge in [0.2, 0.25) is 5.28 Å². The maximum Gasteiger partial charge on any atom is 0.224 e. The van der Waals surface area contributed by atoms with Crippen LogP contribution in [0.5, 0.6) is 5.75 Å². The smallest absolute Gasteiger partial charge is 0.224 e. The molecule has 0 saturated carbocycles. The molecule has 3 rings (SSSR count). The van der Waals surface area contributed by atoms with E-state index in [4.69, 9.17) is 16.3 Å². The van der Waals surface area contributed by atoms with Gasteiger partial charge in [-0.2, -0.15) is 4.98 Å². The van der Waals surface area contributed by atoms with Crippen molar-refractivity contribution in [2.24, 2.45) is 0 Å². The zero-order valence-corrected chi connectivity index (χ0v) is 11.0. The van der Waals surface area contributed by atoms with E-state index in [0.29, 0.717) is 24.7 Å². The number of ether oxygens (including phenoxy) is 1. The van der Waals surface area contributed by atoms with Crippen LogP contribution in [0.2, 0.25) is 5.28 Å². The Morgan fingerprint density at radius 2 is 2.26 bits per heavy atom. The molecule has 0 fully saturated rings. The molecule has 6 heteroatoms. The maximum absolute atomic E-state index is 13.2. The maximum atomic E-state index is 13.2. The number of hydrogen-bond acceptors (Lipinski definition) is 4. The monoisotopic (exact) mass is 279 g/mol. The molecule has 4 nitrogen and oxygen atoms in total. The van der Waals surface area contributed by atoms with E-state index in [9.17, 15) is 4.39 Å². The molecule has 2 heterocycles. The van der Waals surface area contributed by atoms with Gasteiger partial charge in [-0.1, -0.05) is 0 Å². The predicted octanol–water partition coefficient (Wildman–Crippen LogP) is 3.11. The van der Waals surface area contributed by atoms with Gasteiger partial charge in [0.05, 0.1) is 12.7 Å². The number of nitrogens with zero attached hydrogens (tertiary/aromatic N) is 3. The molecule has 0 spiro atoms. The number of anilines is 2. The molecule has 0 radical (unpaired) electrons. The fraction of sp³-hybridized carbons (Fsp3) is 0.231. The van der Waals surface area contributed by atoms with E-state index in [-0.39, 0.29) is 11.1 Å². The van der Waals surface area contributed by atoms with Gasteiger partial charge >= 0.3 is 0 Å². The number of halogens is 2. The van der Waals surface area contributed by atoms with E-state index in [1.165, 1.54) is 12.1 Å². The Balaban J connectivity index is 2.10. The number of aryl methyl sites for hydroxylation is 1. The molecule has 98 valence electrons. The number of benzene rings is 1. The molecule has 0 bridgehead atoms. The second-order valence-corrected chi connectivity index (χ2v) is 4.60. The third-order valence-electron chi connectivity index (χ3n) is 2.98. The summed E-state index contributed by atoms with van der Waals surface area (Å²) in [5.74, 6) is 0.941. The zero-order valence-electron chi connectivity index (χ0n) is 10.2. The summed E-state index contributed by atoms with van der Waals surface area (Å²) >= 11 is 5.83. The van der Waals surface area contributed by atoms with Crippen LogP contribution in [0.15, 0.2) is 24.4 Å². The Hall–Kier alpha value is -1.88. The second kappa shape index (κ2) is 4.66. The molecular formula is C13H11ClFN3O. The summed E-state index contributed by atoms with van der Waals surface area (Å²) in [4.78, 5) is 10.1. The van der Waals surface area contributed by atoms with Crippen LogP contribution < -0.4 is 9.64 Å².